The number of aromatic nitrogens is 2. The van der Waals surface area contributed by atoms with Gasteiger partial charge in [-0.2, -0.15) is 4.98 Å². The van der Waals surface area contributed by atoms with Gasteiger partial charge in [0.15, 0.2) is 5.82 Å². The van der Waals surface area contributed by atoms with E-state index in [9.17, 15) is 0 Å². The Labute approximate surface area is 107 Å². The number of rotatable bonds is 2. The van der Waals surface area contributed by atoms with E-state index in [2.05, 4.69) is 22.4 Å². The Kier molecular flexibility index (Phi) is 3.61. The molecule has 18 heavy (non-hydrogen) atoms. The van der Waals surface area contributed by atoms with Gasteiger partial charge >= 0.3 is 0 Å². The summed E-state index contributed by atoms with van der Waals surface area (Å²) in [6.07, 6.45) is 7.24. The second kappa shape index (κ2) is 5.36. The third kappa shape index (κ3) is 2.57. The van der Waals surface area contributed by atoms with Crippen molar-refractivity contribution in [3.05, 3.63) is 11.7 Å². The highest BCUT2D eigenvalue weighted by Crippen LogP contribution is 2.32. The zero-order valence-electron chi connectivity index (χ0n) is 10.9. The molecule has 1 N–H and O–H groups in total. The van der Waals surface area contributed by atoms with Gasteiger partial charge in [-0.15, -0.1) is 0 Å². The molecule has 5 nitrogen and oxygen atoms in total. The highest BCUT2D eigenvalue weighted by molar-refractivity contribution is 4.98. The van der Waals surface area contributed by atoms with Crippen LogP contribution < -0.4 is 5.32 Å². The van der Waals surface area contributed by atoms with Crippen LogP contribution in [0, 0.1) is 0 Å². The maximum absolute atomic E-state index is 5.76. The van der Waals surface area contributed by atoms with E-state index in [1.165, 1.54) is 19.3 Å². The Bertz CT molecular complexity index is 385. The van der Waals surface area contributed by atoms with Crippen LogP contribution in [0.25, 0.3) is 0 Å². The summed E-state index contributed by atoms with van der Waals surface area (Å²) in [5.74, 6) is 1.45. The average molecular weight is 251 g/mol. The van der Waals surface area contributed by atoms with Crippen molar-refractivity contribution in [2.45, 2.75) is 63.7 Å². The fourth-order valence-electron chi connectivity index (χ4n) is 2.75. The number of nitrogens with zero attached hydrogens (tertiary/aromatic N) is 2. The van der Waals surface area contributed by atoms with Gasteiger partial charge in [-0.25, -0.2) is 0 Å². The number of nitrogens with one attached hydrogen (secondary N) is 1. The van der Waals surface area contributed by atoms with Crippen molar-refractivity contribution in [3.8, 4) is 0 Å². The molecule has 5 heteroatoms. The van der Waals surface area contributed by atoms with Gasteiger partial charge in [0, 0.05) is 0 Å². The van der Waals surface area contributed by atoms with Gasteiger partial charge in [-0.1, -0.05) is 18.0 Å². The molecule has 100 valence electrons. The van der Waals surface area contributed by atoms with Crippen LogP contribution in [0.4, 0.5) is 0 Å². The number of ether oxygens (including phenoxy) is 1. The van der Waals surface area contributed by atoms with Crippen LogP contribution in [-0.2, 0) is 4.74 Å². The van der Waals surface area contributed by atoms with Crippen molar-refractivity contribution in [1.29, 1.82) is 0 Å². The molecule has 0 bridgehead atoms. The Morgan fingerprint density at radius 2 is 2.11 bits per heavy atom. The van der Waals surface area contributed by atoms with Gasteiger partial charge in [0.1, 0.15) is 6.10 Å². The van der Waals surface area contributed by atoms with Crippen molar-refractivity contribution < 1.29 is 9.26 Å². The van der Waals surface area contributed by atoms with E-state index in [1.54, 1.807) is 0 Å². The molecular formula is C13H21N3O2. The second-order valence-corrected chi connectivity index (χ2v) is 5.36. The zero-order valence-corrected chi connectivity index (χ0v) is 10.9. The predicted octanol–water partition coefficient (Wildman–Crippen LogP) is 2.51. The first-order valence-corrected chi connectivity index (χ1v) is 7.05. The van der Waals surface area contributed by atoms with Crippen LogP contribution in [0.2, 0.25) is 0 Å². The molecule has 0 saturated carbocycles. The average Bonchev–Trinajstić information content (AvgIpc) is 2.92. The minimum absolute atomic E-state index is 0.00651. The Balaban J connectivity index is 1.68. The van der Waals surface area contributed by atoms with Gasteiger partial charge < -0.3 is 14.6 Å². The number of hydrogen-bond donors (Lipinski definition) is 1. The lowest BCUT2D eigenvalue weighted by atomic mass is 10.1. The van der Waals surface area contributed by atoms with Crippen molar-refractivity contribution in [2.75, 3.05) is 6.54 Å². The van der Waals surface area contributed by atoms with Crippen molar-refractivity contribution in [1.82, 2.24) is 15.5 Å². The summed E-state index contributed by atoms with van der Waals surface area (Å²) in [7, 11) is 0. The molecule has 3 atom stereocenters. The molecule has 0 aromatic carbocycles. The Hall–Kier alpha value is -0.940. The van der Waals surface area contributed by atoms with Crippen LogP contribution in [0.1, 0.15) is 69.3 Å². The second-order valence-electron chi connectivity index (χ2n) is 5.36. The summed E-state index contributed by atoms with van der Waals surface area (Å²) < 4.78 is 11.1. The van der Waals surface area contributed by atoms with E-state index in [4.69, 9.17) is 9.26 Å². The summed E-state index contributed by atoms with van der Waals surface area (Å²) in [4.78, 5) is 4.53. The van der Waals surface area contributed by atoms with Gasteiger partial charge in [-0.05, 0) is 39.2 Å². The highest BCUT2D eigenvalue weighted by atomic mass is 16.5. The minimum atomic E-state index is 0.00651. The fourth-order valence-corrected chi connectivity index (χ4v) is 2.75. The van der Waals surface area contributed by atoms with E-state index in [1.807, 2.05) is 0 Å². The van der Waals surface area contributed by atoms with E-state index in [0.29, 0.717) is 12.0 Å². The molecule has 2 aliphatic heterocycles. The lowest BCUT2D eigenvalue weighted by Crippen LogP contribution is -2.21. The first-order valence-electron chi connectivity index (χ1n) is 7.05. The zero-order chi connectivity index (χ0) is 12.4. The standard InChI is InChI=1S/C13H21N3O2/c1-9-6-7-11(17-9)13-15-12(16-18-13)10-5-3-2-4-8-14-10/h9-11,14H,2-8H2,1H3. The van der Waals surface area contributed by atoms with E-state index < -0.39 is 0 Å². The quantitative estimate of drug-likeness (QED) is 0.875. The molecule has 2 saturated heterocycles. The van der Waals surface area contributed by atoms with E-state index in [-0.39, 0.29) is 12.1 Å². The molecule has 3 rings (SSSR count). The molecule has 0 radical (unpaired) electrons. The smallest absolute Gasteiger partial charge is 0.255 e. The molecule has 0 aliphatic carbocycles. The molecular weight excluding hydrogens is 230 g/mol. The molecule has 3 heterocycles. The van der Waals surface area contributed by atoms with Crippen molar-refractivity contribution in [3.63, 3.8) is 0 Å². The summed E-state index contributed by atoms with van der Waals surface area (Å²) in [5, 5.41) is 7.61. The topological polar surface area (TPSA) is 60.2 Å². The first kappa shape index (κ1) is 12.1. The van der Waals surface area contributed by atoms with E-state index in [0.717, 1.165) is 31.6 Å². The van der Waals surface area contributed by atoms with Crippen molar-refractivity contribution in [2.24, 2.45) is 0 Å². The maximum Gasteiger partial charge on any atom is 0.255 e. The predicted molar refractivity (Wildman–Crippen MR) is 66.0 cm³/mol. The summed E-state index contributed by atoms with van der Waals surface area (Å²) in [6, 6.07) is 0.254. The fraction of sp³-hybridized carbons (Fsp3) is 0.846. The highest BCUT2D eigenvalue weighted by Gasteiger charge is 2.29. The third-order valence-electron chi connectivity index (χ3n) is 3.84. The van der Waals surface area contributed by atoms with Gasteiger partial charge in [0.25, 0.3) is 5.89 Å². The van der Waals surface area contributed by atoms with Crippen LogP contribution in [0.3, 0.4) is 0 Å². The van der Waals surface area contributed by atoms with Gasteiger partial charge in [0.05, 0.1) is 12.1 Å². The maximum atomic E-state index is 5.76. The molecule has 3 unspecified atom stereocenters. The first-order chi connectivity index (χ1) is 8.83. The molecule has 2 fully saturated rings. The molecule has 1 aromatic heterocycles. The van der Waals surface area contributed by atoms with Crippen LogP contribution in [-0.4, -0.2) is 22.8 Å². The van der Waals surface area contributed by atoms with Crippen LogP contribution >= 0.6 is 0 Å². The van der Waals surface area contributed by atoms with Crippen LogP contribution in [0.15, 0.2) is 4.52 Å². The lowest BCUT2D eigenvalue weighted by molar-refractivity contribution is 0.0355. The number of hydrogen-bond acceptors (Lipinski definition) is 5. The Morgan fingerprint density at radius 3 is 2.94 bits per heavy atom. The molecule has 2 aliphatic rings. The lowest BCUT2D eigenvalue weighted by Gasteiger charge is -2.10. The molecule has 1 aromatic rings. The minimum Gasteiger partial charge on any atom is -0.365 e. The summed E-state index contributed by atoms with van der Waals surface area (Å²) in [6.45, 7) is 3.13. The van der Waals surface area contributed by atoms with E-state index >= 15 is 0 Å². The Morgan fingerprint density at radius 1 is 1.17 bits per heavy atom. The normalized spacial score (nSPS) is 33.5. The summed E-state index contributed by atoms with van der Waals surface area (Å²) in [5.41, 5.74) is 0. The summed E-state index contributed by atoms with van der Waals surface area (Å²) >= 11 is 0. The molecule has 0 amide bonds. The van der Waals surface area contributed by atoms with Crippen molar-refractivity contribution >= 4 is 0 Å². The molecule has 0 spiro atoms. The largest absolute Gasteiger partial charge is 0.365 e. The van der Waals surface area contributed by atoms with Crippen LogP contribution in [0.5, 0.6) is 0 Å². The van der Waals surface area contributed by atoms with Gasteiger partial charge in [-0.3, -0.25) is 0 Å². The SMILES string of the molecule is CC1CCC(c2nc(C3CCCCCN3)no2)O1. The monoisotopic (exact) mass is 251 g/mol. The third-order valence-corrected chi connectivity index (χ3v) is 3.84. The van der Waals surface area contributed by atoms with Gasteiger partial charge in [0.2, 0.25) is 0 Å².